The van der Waals surface area contributed by atoms with Gasteiger partial charge in [-0.15, -0.1) is 0 Å². The van der Waals surface area contributed by atoms with Crippen LogP contribution in [0.5, 0.6) is 0 Å². The lowest BCUT2D eigenvalue weighted by Crippen LogP contribution is -2.27. The van der Waals surface area contributed by atoms with Gasteiger partial charge in [-0.3, -0.25) is 0 Å². The van der Waals surface area contributed by atoms with Gasteiger partial charge < -0.3 is 10.2 Å². The van der Waals surface area contributed by atoms with E-state index < -0.39 is 0 Å². The second kappa shape index (κ2) is 5.30. The Morgan fingerprint density at radius 1 is 1.00 bits per heavy atom. The fourth-order valence-electron chi connectivity index (χ4n) is 2.97. The molecule has 0 bridgehead atoms. The number of para-hydroxylation sites is 2. The molecule has 2 heterocycles. The van der Waals surface area contributed by atoms with Gasteiger partial charge in [0.2, 0.25) is 5.95 Å². The quantitative estimate of drug-likeness (QED) is 0.746. The molecule has 22 heavy (non-hydrogen) atoms. The Morgan fingerprint density at radius 3 is 2.77 bits per heavy atom. The summed E-state index contributed by atoms with van der Waals surface area (Å²) in [6.45, 7) is 4.68. The molecule has 4 rings (SSSR count). The first-order chi connectivity index (χ1) is 10.8. The van der Waals surface area contributed by atoms with Gasteiger partial charge in [-0.05, 0) is 24.6 Å². The van der Waals surface area contributed by atoms with Crippen LogP contribution in [0.15, 0.2) is 48.5 Å². The van der Waals surface area contributed by atoms with Crippen molar-refractivity contribution in [1.29, 1.82) is 0 Å². The van der Waals surface area contributed by atoms with Crippen molar-refractivity contribution in [2.45, 2.75) is 13.5 Å². The maximum atomic E-state index is 4.76. The predicted molar refractivity (Wildman–Crippen MR) is 90.3 cm³/mol. The van der Waals surface area contributed by atoms with E-state index in [1.54, 1.807) is 0 Å². The third-order valence-electron chi connectivity index (χ3n) is 4.14. The molecule has 0 saturated carbocycles. The van der Waals surface area contributed by atoms with Crippen molar-refractivity contribution in [3.63, 3.8) is 0 Å². The van der Waals surface area contributed by atoms with Gasteiger partial charge in [0.1, 0.15) is 0 Å². The number of hydrogen-bond acceptors (Lipinski definition) is 4. The molecule has 1 aromatic heterocycles. The van der Waals surface area contributed by atoms with Crippen LogP contribution >= 0.6 is 0 Å². The van der Waals surface area contributed by atoms with Crippen molar-refractivity contribution in [1.82, 2.24) is 9.97 Å². The Kier molecular flexibility index (Phi) is 3.15. The van der Waals surface area contributed by atoms with Crippen molar-refractivity contribution < 1.29 is 0 Å². The zero-order valence-electron chi connectivity index (χ0n) is 12.6. The second-order valence-electron chi connectivity index (χ2n) is 5.63. The summed E-state index contributed by atoms with van der Waals surface area (Å²) in [7, 11) is 0. The van der Waals surface area contributed by atoms with Crippen molar-refractivity contribution in [3.8, 4) is 0 Å². The van der Waals surface area contributed by atoms with E-state index in [4.69, 9.17) is 9.97 Å². The molecule has 0 radical (unpaired) electrons. The minimum atomic E-state index is 0.815. The van der Waals surface area contributed by atoms with Gasteiger partial charge in [-0.1, -0.05) is 36.4 Å². The van der Waals surface area contributed by atoms with Crippen LogP contribution in [-0.4, -0.2) is 23.1 Å². The highest BCUT2D eigenvalue weighted by molar-refractivity contribution is 5.81. The van der Waals surface area contributed by atoms with E-state index in [1.807, 2.05) is 12.1 Å². The summed E-state index contributed by atoms with van der Waals surface area (Å²) in [6.07, 6.45) is 0. The van der Waals surface area contributed by atoms with Gasteiger partial charge >= 0.3 is 0 Å². The van der Waals surface area contributed by atoms with Crippen LogP contribution in [0.1, 0.15) is 11.3 Å². The molecule has 0 saturated heterocycles. The van der Waals surface area contributed by atoms with Crippen molar-refractivity contribution in [3.05, 3.63) is 59.8 Å². The van der Waals surface area contributed by atoms with E-state index in [-0.39, 0.29) is 0 Å². The summed E-state index contributed by atoms with van der Waals surface area (Å²) in [5.41, 5.74) is 4.54. The Balaban J connectivity index is 1.75. The molecule has 110 valence electrons. The average molecular weight is 290 g/mol. The Morgan fingerprint density at radius 2 is 1.82 bits per heavy atom. The second-order valence-corrected chi connectivity index (χ2v) is 5.63. The van der Waals surface area contributed by atoms with E-state index in [0.29, 0.717) is 0 Å². The Bertz CT molecular complexity index is 828. The predicted octanol–water partition coefficient (Wildman–Crippen LogP) is 3.37. The molecule has 0 atom stereocenters. The summed E-state index contributed by atoms with van der Waals surface area (Å²) in [6, 6.07) is 16.6. The van der Waals surface area contributed by atoms with Crippen LogP contribution in [-0.2, 0) is 6.54 Å². The summed E-state index contributed by atoms with van der Waals surface area (Å²) < 4.78 is 0. The lowest BCUT2D eigenvalue weighted by Gasteiger charge is -2.21. The molecule has 1 aliphatic heterocycles. The highest BCUT2D eigenvalue weighted by Crippen LogP contribution is 2.24. The molecule has 1 aliphatic rings. The molecule has 4 heteroatoms. The number of nitrogens with zero attached hydrogens (tertiary/aromatic N) is 3. The van der Waals surface area contributed by atoms with Crippen molar-refractivity contribution in [2.24, 2.45) is 0 Å². The smallest absolute Gasteiger partial charge is 0.226 e. The number of hydrogen-bond donors (Lipinski definition) is 1. The van der Waals surface area contributed by atoms with Crippen LogP contribution in [0, 0.1) is 6.92 Å². The van der Waals surface area contributed by atoms with E-state index in [2.05, 4.69) is 53.5 Å². The summed E-state index contributed by atoms with van der Waals surface area (Å²) in [5.74, 6) is 0.815. The number of fused-ring (bicyclic) bond motifs is 2. The number of aromatic nitrogens is 2. The standard InChI is InChI=1S/C18H18N4/c1-13-15-7-3-5-9-17(15)21-18(20-13)22-11-10-19-16-8-4-2-6-14(16)12-22/h2-9,19H,10-12H2,1H3. The van der Waals surface area contributed by atoms with Gasteiger partial charge in [0.25, 0.3) is 0 Å². The van der Waals surface area contributed by atoms with E-state index >= 15 is 0 Å². The molecule has 0 aliphatic carbocycles. The topological polar surface area (TPSA) is 41.1 Å². The Labute approximate surface area is 129 Å². The number of benzene rings is 2. The summed E-state index contributed by atoms with van der Waals surface area (Å²) in [5, 5.41) is 4.60. The molecule has 0 fully saturated rings. The molecule has 0 amide bonds. The lowest BCUT2D eigenvalue weighted by molar-refractivity contribution is 0.790. The molecule has 1 N–H and O–H groups in total. The lowest BCUT2D eigenvalue weighted by atomic mass is 10.1. The monoisotopic (exact) mass is 290 g/mol. The minimum absolute atomic E-state index is 0.815. The van der Waals surface area contributed by atoms with Gasteiger partial charge in [0.05, 0.1) is 11.2 Å². The van der Waals surface area contributed by atoms with Gasteiger partial charge in [-0.25, -0.2) is 9.97 Å². The van der Waals surface area contributed by atoms with E-state index in [1.165, 1.54) is 11.3 Å². The first kappa shape index (κ1) is 13.1. The molecular weight excluding hydrogens is 272 g/mol. The molecular formula is C18H18N4. The van der Waals surface area contributed by atoms with Crippen LogP contribution in [0.4, 0.5) is 11.6 Å². The Hall–Kier alpha value is -2.62. The first-order valence-corrected chi connectivity index (χ1v) is 7.61. The normalized spacial score (nSPS) is 14.3. The van der Waals surface area contributed by atoms with Gasteiger partial charge in [0, 0.05) is 30.7 Å². The largest absolute Gasteiger partial charge is 0.383 e. The highest BCUT2D eigenvalue weighted by Gasteiger charge is 2.17. The number of rotatable bonds is 1. The molecule has 2 aromatic carbocycles. The van der Waals surface area contributed by atoms with Crippen LogP contribution in [0.25, 0.3) is 10.9 Å². The van der Waals surface area contributed by atoms with Crippen LogP contribution in [0.3, 0.4) is 0 Å². The molecule has 4 nitrogen and oxygen atoms in total. The maximum absolute atomic E-state index is 4.76. The van der Waals surface area contributed by atoms with E-state index in [0.717, 1.165) is 42.2 Å². The first-order valence-electron chi connectivity index (χ1n) is 7.61. The zero-order valence-corrected chi connectivity index (χ0v) is 12.6. The van der Waals surface area contributed by atoms with Crippen molar-refractivity contribution in [2.75, 3.05) is 23.3 Å². The van der Waals surface area contributed by atoms with Crippen LogP contribution < -0.4 is 10.2 Å². The van der Waals surface area contributed by atoms with Gasteiger partial charge in [-0.2, -0.15) is 0 Å². The molecule has 3 aromatic rings. The third kappa shape index (κ3) is 2.26. The SMILES string of the molecule is Cc1nc(N2CCNc3ccccc3C2)nc2ccccc12. The van der Waals surface area contributed by atoms with Crippen molar-refractivity contribution >= 4 is 22.5 Å². The van der Waals surface area contributed by atoms with E-state index in [9.17, 15) is 0 Å². The third-order valence-corrected chi connectivity index (χ3v) is 4.14. The maximum Gasteiger partial charge on any atom is 0.226 e. The molecule has 0 spiro atoms. The summed E-state index contributed by atoms with van der Waals surface area (Å²) in [4.78, 5) is 11.7. The van der Waals surface area contributed by atoms with Crippen LogP contribution in [0.2, 0.25) is 0 Å². The zero-order chi connectivity index (χ0) is 14.9. The molecule has 0 unspecified atom stereocenters. The number of nitrogens with one attached hydrogen (secondary N) is 1. The fraction of sp³-hybridized carbons (Fsp3) is 0.222. The van der Waals surface area contributed by atoms with Gasteiger partial charge in [0.15, 0.2) is 0 Å². The number of aryl methyl sites for hydroxylation is 1. The minimum Gasteiger partial charge on any atom is -0.383 e. The number of anilines is 2. The highest BCUT2D eigenvalue weighted by atomic mass is 15.3. The average Bonchev–Trinajstić information content (AvgIpc) is 2.77. The summed E-state index contributed by atoms with van der Waals surface area (Å²) >= 11 is 0. The fourth-order valence-corrected chi connectivity index (χ4v) is 2.97.